The highest BCUT2D eigenvalue weighted by molar-refractivity contribution is 6.04. The molecule has 0 saturated carbocycles. The maximum atomic E-state index is 11.5. The first kappa shape index (κ1) is 22.8. The van der Waals surface area contributed by atoms with Crippen molar-refractivity contribution in [2.24, 2.45) is 0 Å². The number of benzene rings is 3. The molecule has 0 fully saturated rings. The molecule has 0 unspecified atom stereocenters. The summed E-state index contributed by atoms with van der Waals surface area (Å²) in [7, 11) is 0. The number of ether oxygens (including phenoxy) is 2. The summed E-state index contributed by atoms with van der Waals surface area (Å²) in [5.74, 6) is 1.56. The normalized spacial score (nSPS) is 10.2. The zero-order valence-corrected chi connectivity index (χ0v) is 18.1. The molecule has 0 N–H and O–H groups in total. The van der Waals surface area contributed by atoms with Gasteiger partial charge in [-0.2, -0.15) is 0 Å². The number of carbonyl (C=O) groups excluding carboxylic acids is 1. The van der Waals surface area contributed by atoms with E-state index in [9.17, 15) is 4.79 Å². The minimum absolute atomic E-state index is 0.0815. The summed E-state index contributed by atoms with van der Waals surface area (Å²) in [5, 5.41) is 0. The Labute approximate surface area is 189 Å². The van der Waals surface area contributed by atoms with Crippen molar-refractivity contribution in [1.82, 2.24) is 0 Å². The standard InChI is InChI=1S/C28H27NO3/c1-3-28(30)24-12-18-27(19-13-24)32-21-7-5-4-6-20-31-26-16-10-23(11-17-26)22-8-14-25(29-2)15-9-22/h3,8-19H,1,4-7,20-21H2. The lowest BCUT2D eigenvalue weighted by molar-refractivity contribution is 0.104. The SMILES string of the molecule is [C-]#[N+]c1ccc(-c2ccc(OCCCCCCOc3ccc(C(=O)C=C)cc3)cc2)cc1. The van der Waals surface area contributed by atoms with E-state index in [2.05, 4.69) is 11.4 Å². The van der Waals surface area contributed by atoms with Gasteiger partial charge in [-0.3, -0.25) is 4.79 Å². The largest absolute Gasteiger partial charge is 0.494 e. The Hall–Kier alpha value is -3.84. The predicted octanol–water partition coefficient (Wildman–Crippen LogP) is 7.29. The second kappa shape index (κ2) is 12.1. The highest BCUT2D eigenvalue weighted by Gasteiger charge is 2.02. The van der Waals surface area contributed by atoms with E-state index >= 15 is 0 Å². The van der Waals surface area contributed by atoms with Crippen molar-refractivity contribution in [2.45, 2.75) is 25.7 Å². The fourth-order valence-corrected chi connectivity index (χ4v) is 3.24. The number of ketones is 1. The number of hydrogen-bond donors (Lipinski definition) is 0. The van der Waals surface area contributed by atoms with Gasteiger partial charge in [-0.1, -0.05) is 43.0 Å². The average Bonchev–Trinajstić information content (AvgIpc) is 2.86. The lowest BCUT2D eigenvalue weighted by Crippen LogP contribution is -2.00. The molecule has 0 bridgehead atoms. The molecule has 3 aromatic carbocycles. The van der Waals surface area contributed by atoms with Crippen LogP contribution in [0.1, 0.15) is 36.0 Å². The van der Waals surface area contributed by atoms with E-state index in [1.54, 1.807) is 12.1 Å². The first-order valence-electron chi connectivity index (χ1n) is 10.8. The molecule has 0 heterocycles. The number of rotatable bonds is 12. The minimum Gasteiger partial charge on any atom is -0.494 e. The molecule has 0 aromatic heterocycles. The molecule has 162 valence electrons. The van der Waals surface area contributed by atoms with Gasteiger partial charge in [-0.15, -0.1) is 0 Å². The van der Waals surface area contributed by atoms with Crippen molar-refractivity contribution in [3.8, 4) is 22.6 Å². The number of unbranched alkanes of at least 4 members (excludes halogenated alkanes) is 3. The lowest BCUT2D eigenvalue weighted by Gasteiger charge is -2.08. The molecular formula is C28H27NO3. The number of nitrogens with zero attached hydrogens (tertiary/aromatic N) is 1. The highest BCUT2D eigenvalue weighted by Crippen LogP contribution is 2.25. The second-order valence-electron chi connectivity index (χ2n) is 7.39. The van der Waals surface area contributed by atoms with Crippen LogP contribution in [-0.4, -0.2) is 19.0 Å². The molecule has 0 aliphatic rings. The Morgan fingerprint density at radius 2 is 1.22 bits per heavy atom. The van der Waals surface area contributed by atoms with Crippen LogP contribution in [0.5, 0.6) is 11.5 Å². The molecule has 0 aliphatic carbocycles. The Balaban J connectivity index is 1.28. The fraction of sp³-hybridized carbons (Fsp3) is 0.214. The first-order chi connectivity index (χ1) is 15.7. The van der Waals surface area contributed by atoms with Crippen LogP contribution >= 0.6 is 0 Å². The zero-order valence-electron chi connectivity index (χ0n) is 18.1. The summed E-state index contributed by atoms with van der Waals surface area (Å²) in [6.45, 7) is 11.9. The van der Waals surface area contributed by atoms with Gasteiger partial charge in [0.1, 0.15) is 11.5 Å². The Morgan fingerprint density at radius 3 is 1.69 bits per heavy atom. The smallest absolute Gasteiger partial charge is 0.187 e. The third-order valence-corrected chi connectivity index (χ3v) is 5.08. The van der Waals surface area contributed by atoms with Crippen LogP contribution < -0.4 is 9.47 Å². The van der Waals surface area contributed by atoms with Crippen LogP contribution in [0.4, 0.5) is 5.69 Å². The number of allylic oxidation sites excluding steroid dienone is 1. The van der Waals surface area contributed by atoms with Gasteiger partial charge >= 0.3 is 0 Å². The van der Waals surface area contributed by atoms with Gasteiger partial charge in [0, 0.05) is 5.56 Å². The summed E-state index contributed by atoms with van der Waals surface area (Å²) in [5.41, 5.74) is 3.47. The van der Waals surface area contributed by atoms with E-state index in [-0.39, 0.29) is 5.78 Å². The van der Waals surface area contributed by atoms with Crippen LogP contribution in [0, 0.1) is 6.57 Å². The maximum Gasteiger partial charge on any atom is 0.187 e. The predicted molar refractivity (Wildman–Crippen MR) is 129 cm³/mol. The average molecular weight is 426 g/mol. The molecular weight excluding hydrogens is 398 g/mol. The van der Waals surface area contributed by atoms with E-state index in [4.69, 9.17) is 16.0 Å². The number of carbonyl (C=O) groups is 1. The maximum absolute atomic E-state index is 11.5. The van der Waals surface area contributed by atoms with Gasteiger partial charge in [0.15, 0.2) is 11.5 Å². The van der Waals surface area contributed by atoms with Gasteiger partial charge < -0.3 is 9.47 Å². The van der Waals surface area contributed by atoms with Crippen molar-refractivity contribution in [3.05, 3.63) is 102 Å². The summed E-state index contributed by atoms with van der Waals surface area (Å²) in [6.07, 6.45) is 5.46. The van der Waals surface area contributed by atoms with Gasteiger partial charge in [-0.05, 0) is 79.3 Å². The summed E-state index contributed by atoms with van der Waals surface area (Å²) >= 11 is 0. The minimum atomic E-state index is -0.0815. The molecule has 0 spiro atoms. The molecule has 4 nitrogen and oxygen atoms in total. The number of hydrogen-bond acceptors (Lipinski definition) is 3. The molecule has 0 saturated heterocycles. The third-order valence-electron chi connectivity index (χ3n) is 5.08. The monoisotopic (exact) mass is 425 g/mol. The van der Waals surface area contributed by atoms with E-state index in [0.29, 0.717) is 24.5 Å². The van der Waals surface area contributed by atoms with Gasteiger partial charge in [0.05, 0.1) is 19.8 Å². The zero-order chi connectivity index (χ0) is 22.6. The van der Waals surface area contributed by atoms with Crippen molar-refractivity contribution in [1.29, 1.82) is 0 Å². The van der Waals surface area contributed by atoms with E-state index < -0.39 is 0 Å². The molecule has 0 aliphatic heterocycles. The molecule has 32 heavy (non-hydrogen) atoms. The molecule has 0 radical (unpaired) electrons. The summed E-state index contributed by atoms with van der Waals surface area (Å²) in [6, 6.07) is 22.8. The van der Waals surface area contributed by atoms with Crippen molar-refractivity contribution < 1.29 is 14.3 Å². The van der Waals surface area contributed by atoms with Crippen molar-refractivity contribution in [3.63, 3.8) is 0 Å². The van der Waals surface area contributed by atoms with Crippen LogP contribution in [-0.2, 0) is 0 Å². The fourth-order valence-electron chi connectivity index (χ4n) is 3.24. The van der Waals surface area contributed by atoms with E-state index in [1.165, 1.54) is 6.08 Å². The summed E-state index contributed by atoms with van der Waals surface area (Å²) in [4.78, 5) is 14.9. The third kappa shape index (κ3) is 6.85. The van der Waals surface area contributed by atoms with E-state index in [1.807, 2.05) is 60.7 Å². The summed E-state index contributed by atoms with van der Waals surface area (Å²) < 4.78 is 11.6. The Bertz CT molecular complexity index is 1050. The van der Waals surface area contributed by atoms with Crippen molar-refractivity contribution in [2.75, 3.05) is 13.2 Å². The van der Waals surface area contributed by atoms with Gasteiger partial charge in [0.25, 0.3) is 0 Å². The van der Waals surface area contributed by atoms with Crippen LogP contribution in [0.25, 0.3) is 16.0 Å². The quantitative estimate of drug-likeness (QED) is 0.132. The molecule has 0 atom stereocenters. The molecule has 4 heteroatoms. The van der Waals surface area contributed by atoms with Crippen molar-refractivity contribution >= 4 is 11.5 Å². The first-order valence-corrected chi connectivity index (χ1v) is 10.8. The topological polar surface area (TPSA) is 39.9 Å². The van der Waals surface area contributed by atoms with Crippen LogP contribution in [0.3, 0.4) is 0 Å². The van der Waals surface area contributed by atoms with Gasteiger partial charge in [0.2, 0.25) is 0 Å². The highest BCUT2D eigenvalue weighted by atomic mass is 16.5. The van der Waals surface area contributed by atoms with Crippen LogP contribution in [0.2, 0.25) is 0 Å². The molecule has 0 amide bonds. The molecule has 3 aromatic rings. The Kier molecular flexibility index (Phi) is 8.65. The van der Waals surface area contributed by atoms with Crippen LogP contribution in [0.15, 0.2) is 85.5 Å². The lowest BCUT2D eigenvalue weighted by atomic mass is 10.1. The Morgan fingerprint density at radius 1 is 0.750 bits per heavy atom. The van der Waals surface area contributed by atoms with Gasteiger partial charge in [-0.25, -0.2) is 4.85 Å². The molecule has 3 rings (SSSR count). The second-order valence-corrected chi connectivity index (χ2v) is 7.39. The van der Waals surface area contributed by atoms with E-state index in [0.717, 1.165) is 48.3 Å².